The fourth-order valence-corrected chi connectivity index (χ4v) is 5.59. The van der Waals surface area contributed by atoms with Gasteiger partial charge in [0.2, 0.25) is 0 Å². The van der Waals surface area contributed by atoms with Crippen molar-refractivity contribution in [1.29, 1.82) is 0 Å². The Hall–Kier alpha value is -4.43. The van der Waals surface area contributed by atoms with E-state index in [4.69, 9.17) is 11.5 Å². The van der Waals surface area contributed by atoms with Gasteiger partial charge in [-0.3, -0.25) is 9.79 Å². The molecule has 1 atom stereocenters. The van der Waals surface area contributed by atoms with Crippen molar-refractivity contribution in [3.8, 4) is 11.1 Å². The first-order valence-electron chi connectivity index (χ1n) is 12.3. The van der Waals surface area contributed by atoms with Crippen LogP contribution in [0.15, 0.2) is 102 Å². The number of nitrogens with zero attached hydrogens (tertiary/aromatic N) is 1. The lowest BCUT2D eigenvalue weighted by Gasteiger charge is -2.17. The Bertz CT molecular complexity index is 1350. The van der Waals surface area contributed by atoms with E-state index in [1.54, 1.807) is 0 Å². The first-order valence-corrected chi connectivity index (χ1v) is 13.1. The first-order chi connectivity index (χ1) is 18.4. The number of nitrogens with one attached hydrogen (secondary N) is 1. The number of carboxylic acid groups (broad SMARTS) is 1. The van der Waals surface area contributed by atoms with Crippen LogP contribution in [0.2, 0.25) is 0 Å². The predicted molar refractivity (Wildman–Crippen MR) is 152 cm³/mol. The summed E-state index contributed by atoms with van der Waals surface area (Å²) in [5.41, 5.74) is 14.6. The maximum atomic E-state index is 13.6. The Morgan fingerprint density at radius 3 is 1.95 bits per heavy atom. The lowest BCUT2D eigenvalue weighted by Crippen LogP contribution is -2.40. The summed E-state index contributed by atoms with van der Waals surface area (Å²) in [5, 5.41) is 12.5. The molecule has 1 aromatic heterocycles. The lowest BCUT2D eigenvalue weighted by molar-refractivity contribution is -0.139. The van der Waals surface area contributed by atoms with Crippen LogP contribution in [-0.4, -0.2) is 35.5 Å². The lowest BCUT2D eigenvalue weighted by atomic mass is 9.89. The van der Waals surface area contributed by atoms with Crippen LogP contribution in [0.3, 0.4) is 0 Å². The highest BCUT2D eigenvalue weighted by atomic mass is 32.1. The summed E-state index contributed by atoms with van der Waals surface area (Å²) in [6, 6.07) is 30.9. The smallest absolute Gasteiger partial charge is 0.326 e. The monoisotopic (exact) mass is 526 g/mol. The van der Waals surface area contributed by atoms with Gasteiger partial charge < -0.3 is 21.9 Å². The van der Waals surface area contributed by atoms with Gasteiger partial charge in [-0.05, 0) is 35.6 Å². The van der Waals surface area contributed by atoms with Crippen LogP contribution in [-0.2, 0) is 4.79 Å². The third-order valence-corrected chi connectivity index (χ3v) is 7.34. The maximum absolute atomic E-state index is 13.6. The molecule has 4 aromatic rings. The number of rotatable bonds is 11. The number of amides is 1. The number of carboxylic acids is 1. The minimum atomic E-state index is -1.10. The van der Waals surface area contributed by atoms with Crippen LogP contribution >= 0.6 is 11.3 Å². The third kappa shape index (κ3) is 6.66. The standard InChI is InChI=1S/C30H30N4O3S/c31-30(32)33-18-10-17-24(29(36)37)34-28(35)27-23(20-11-4-1-5-12-20)19-25(38-27)26(21-13-6-2-7-14-21)22-15-8-3-9-16-22/h1-9,11-16,19,24,26H,10,17-18H2,(H,34,35)(H,36,37)(H4,31,32,33)/t24-/m0/s1. The van der Waals surface area contributed by atoms with E-state index in [2.05, 4.69) is 34.6 Å². The Kier molecular flexibility index (Phi) is 8.89. The van der Waals surface area contributed by atoms with Crippen LogP contribution in [0.1, 0.15) is 44.4 Å². The maximum Gasteiger partial charge on any atom is 0.326 e. The van der Waals surface area contributed by atoms with Gasteiger partial charge in [-0.2, -0.15) is 0 Å². The van der Waals surface area contributed by atoms with Crippen molar-refractivity contribution >= 4 is 29.2 Å². The first kappa shape index (κ1) is 26.6. The van der Waals surface area contributed by atoms with Crippen LogP contribution in [0.5, 0.6) is 0 Å². The van der Waals surface area contributed by atoms with E-state index in [1.165, 1.54) is 11.3 Å². The molecule has 0 saturated carbocycles. The normalized spacial score (nSPS) is 11.6. The quantitative estimate of drug-likeness (QED) is 0.126. The zero-order valence-corrected chi connectivity index (χ0v) is 21.6. The van der Waals surface area contributed by atoms with E-state index in [-0.39, 0.29) is 24.8 Å². The van der Waals surface area contributed by atoms with Crippen molar-refractivity contribution in [3.05, 3.63) is 118 Å². The number of carbonyl (C=O) groups excluding carboxylic acids is 1. The summed E-state index contributed by atoms with van der Waals surface area (Å²) in [6.07, 6.45) is 0.619. The van der Waals surface area contributed by atoms with Gasteiger partial charge in [-0.25, -0.2) is 4.79 Å². The second-order valence-corrected chi connectivity index (χ2v) is 9.91. The molecular weight excluding hydrogens is 496 g/mol. The molecule has 0 bridgehead atoms. The van der Waals surface area contributed by atoms with Crippen molar-refractivity contribution in [1.82, 2.24) is 5.32 Å². The molecule has 0 saturated heterocycles. The van der Waals surface area contributed by atoms with E-state index in [1.807, 2.05) is 72.8 Å². The van der Waals surface area contributed by atoms with Crippen molar-refractivity contribution < 1.29 is 14.7 Å². The van der Waals surface area contributed by atoms with Gasteiger partial charge in [0.05, 0.1) is 4.88 Å². The van der Waals surface area contributed by atoms with E-state index in [9.17, 15) is 14.7 Å². The molecule has 0 unspecified atom stereocenters. The highest BCUT2D eigenvalue weighted by Gasteiger charge is 2.27. The van der Waals surface area contributed by atoms with Crippen LogP contribution in [0.25, 0.3) is 11.1 Å². The third-order valence-electron chi connectivity index (χ3n) is 6.14. The van der Waals surface area contributed by atoms with Gasteiger partial charge >= 0.3 is 5.97 Å². The highest BCUT2D eigenvalue weighted by molar-refractivity contribution is 7.14. The molecule has 0 fully saturated rings. The molecule has 0 spiro atoms. The van der Waals surface area contributed by atoms with Gasteiger partial charge in [0.25, 0.3) is 5.91 Å². The number of thiophene rings is 1. The molecule has 4 rings (SSSR count). The second-order valence-electron chi connectivity index (χ2n) is 8.83. The second kappa shape index (κ2) is 12.7. The topological polar surface area (TPSA) is 131 Å². The fraction of sp³-hybridized carbons (Fsp3) is 0.167. The minimum Gasteiger partial charge on any atom is -0.480 e. The predicted octanol–water partition coefficient (Wildman–Crippen LogP) is 4.83. The number of benzene rings is 3. The van der Waals surface area contributed by atoms with Crippen molar-refractivity contribution in [3.63, 3.8) is 0 Å². The highest BCUT2D eigenvalue weighted by Crippen LogP contribution is 2.41. The summed E-state index contributed by atoms with van der Waals surface area (Å²) >= 11 is 1.39. The van der Waals surface area contributed by atoms with Crippen molar-refractivity contribution in [2.45, 2.75) is 24.8 Å². The Labute approximate surface area is 225 Å². The summed E-state index contributed by atoms with van der Waals surface area (Å²) in [6.45, 7) is 0.288. The molecule has 8 heteroatoms. The number of aliphatic carboxylic acids is 1. The zero-order valence-electron chi connectivity index (χ0n) is 20.8. The molecule has 3 aromatic carbocycles. The van der Waals surface area contributed by atoms with Gasteiger partial charge in [0.15, 0.2) is 5.96 Å². The van der Waals surface area contributed by atoms with Gasteiger partial charge in [0.1, 0.15) is 6.04 Å². The molecule has 38 heavy (non-hydrogen) atoms. The molecule has 0 radical (unpaired) electrons. The average molecular weight is 527 g/mol. The van der Waals surface area contributed by atoms with Gasteiger partial charge in [-0.1, -0.05) is 91.0 Å². The SMILES string of the molecule is NC(N)=NCCC[C@H](NC(=O)c1sc(C(c2ccccc2)c2ccccc2)cc1-c1ccccc1)C(=O)O. The van der Waals surface area contributed by atoms with Crippen molar-refractivity contribution in [2.24, 2.45) is 16.5 Å². The molecule has 194 valence electrons. The largest absolute Gasteiger partial charge is 0.480 e. The summed E-state index contributed by atoms with van der Waals surface area (Å²) < 4.78 is 0. The number of hydrogen-bond donors (Lipinski definition) is 4. The van der Waals surface area contributed by atoms with E-state index >= 15 is 0 Å². The molecule has 0 aliphatic heterocycles. The number of aliphatic imine (C=N–C) groups is 1. The molecule has 1 heterocycles. The number of guanidine groups is 1. The summed E-state index contributed by atoms with van der Waals surface area (Å²) in [4.78, 5) is 30.9. The van der Waals surface area contributed by atoms with Crippen LogP contribution in [0.4, 0.5) is 0 Å². The molecule has 7 nitrogen and oxygen atoms in total. The molecule has 6 N–H and O–H groups in total. The number of carbonyl (C=O) groups is 2. The molecular formula is C30H30N4O3S. The number of hydrogen-bond acceptors (Lipinski definition) is 4. The molecule has 1 amide bonds. The van der Waals surface area contributed by atoms with E-state index in [0.717, 1.165) is 27.1 Å². The summed E-state index contributed by atoms with van der Waals surface area (Å²) in [5.74, 6) is -1.66. The van der Waals surface area contributed by atoms with Crippen LogP contribution in [0, 0.1) is 0 Å². The van der Waals surface area contributed by atoms with Gasteiger partial charge in [0, 0.05) is 22.9 Å². The molecule has 0 aliphatic rings. The molecule has 0 aliphatic carbocycles. The fourth-order valence-electron chi connectivity index (χ4n) is 4.35. The Morgan fingerprint density at radius 2 is 1.42 bits per heavy atom. The summed E-state index contributed by atoms with van der Waals surface area (Å²) in [7, 11) is 0. The van der Waals surface area contributed by atoms with Crippen molar-refractivity contribution in [2.75, 3.05) is 6.54 Å². The Balaban J connectivity index is 1.72. The van der Waals surface area contributed by atoms with Gasteiger partial charge in [-0.15, -0.1) is 11.3 Å². The number of nitrogens with two attached hydrogens (primary N) is 2. The Morgan fingerprint density at radius 1 is 0.868 bits per heavy atom. The zero-order chi connectivity index (χ0) is 26.9. The van der Waals surface area contributed by atoms with E-state index < -0.39 is 17.9 Å². The van der Waals surface area contributed by atoms with E-state index in [0.29, 0.717) is 11.3 Å². The minimum absolute atomic E-state index is 0.0501. The van der Waals surface area contributed by atoms with Crippen LogP contribution < -0.4 is 16.8 Å². The average Bonchev–Trinajstić information content (AvgIpc) is 3.37.